The summed E-state index contributed by atoms with van der Waals surface area (Å²) in [4.78, 5) is 12.6. The topological polar surface area (TPSA) is 41.1 Å². The number of rotatable bonds is 6. The average molecular weight is 342 g/mol. The van der Waals surface area contributed by atoms with E-state index in [-0.39, 0.29) is 5.78 Å². The maximum atomic E-state index is 12.6. The highest BCUT2D eigenvalue weighted by Crippen LogP contribution is 2.20. The molecule has 3 nitrogen and oxygen atoms in total. The van der Waals surface area contributed by atoms with Gasteiger partial charge >= 0.3 is 0 Å². The first-order valence-electron chi connectivity index (χ1n) is 8.60. The maximum absolute atomic E-state index is 12.6. The number of anilines is 2. The molecule has 2 N–H and O–H groups in total. The third-order valence-electron chi connectivity index (χ3n) is 4.16. The Balaban J connectivity index is 1.93. The summed E-state index contributed by atoms with van der Waals surface area (Å²) in [5, 5.41) is 6.71. The summed E-state index contributed by atoms with van der Waals surface area (Å²) in [6.45, 7) is 4.07. The van der Waals surface area contributed by atoms with E-state index in [9.17, 15) is 4.79 Å². The number of carbonyl (C=O) groups is 1. The minimum Gasteiger partial charge on any atom is -0.341 e. The van der Waals surface area contributed by atoms with Crippen LogP contribution >= 0.6 is 0 Å². The van der Waals surface area contributed by atoms with Crippen LogP contribution in [0.3, 0.4) is 0 Å². The predicted molar refractivity (Wildman–Crippen MR) is 108 cm³/mol. The van der Waals surface area contributed by atoms with Gasteiger partial charge in [0.2, 0.25) is 0 Å². The molecule has 0 aliphatic rings. The Morgan fingerprint density at radius 3 is 1.65 bits per heavy atom. The van der Waals surface area contributed by atoms with Gasteiger partial charge in [-0.3, -0.25) is 4.79 Å². The summed E-state index contributed by atoms with van der Waals surface area (Å²) in [7, 11) is 0. The van der Waals surface area contributed by atoms with Crippen molar-refractivity contribution in [2.24, 2.45) is 0 Å². The number of allylic oxidation sites excluding steroid dienone is 1. The largest absolute Gasteiger partial charge is 0.341 e. The number of para-hydroxylation sites is 2. The number of hydrogen-bond acceptors (Lipinski definition) is 3. The van der Waals surface area contributed by atoms with Gasteiger partial charge in [-0.2, -0.15) is 0 Å². The van der Waals surface area contributed by atoms with Crippen LogP contribution in [0.5, 0.6) is 0 Å². The summed E-state index contributed by atoms with van der Waals surface area (Å²) in [6, 6.07) is 25.3. The van der Waals surface area contributed by atoms with E-state index in [0.29, 0.717) is 11.4 Å². The van der Waals surface area contributed by atoms with Crippen LogP contribution < -0.4 is 10.6 Å². The van der Waals surface area contributed by atoms with Gasteiger partial charge in [-0.15, -0.1) is 0 Å². The van der Waals surface area contributed by atoms with Gasteiger partial charge in [-0.1, -0.05) is 66.7 Å². The van der Waals surface area contributed by atoms with E-state index >= 15 is 0 Å². The molecule has 3 heteroatoms. The van der Waals surface area contributed by atoms with Crippen LogP contribution in [0.25, 0.3) is 0 Å². The standard InChI is InChI=1S/C23H22N2O/c1-17-10-6-8-14-20(17)24-23(25-21-15-9-7-11-18(21)2)16-22(26)19-12-4-3-5-13-19/h3-16,24-25H,1-2H3. The number of ketones is 1. The van der Waals surface area contributed by atoms with Gasteiger partial charge < -0.3 is 10.6 Å². The first-order chi connectivity index (χ1) is 12.6. The highest BCUT2D eigenvalue weighted by Gasteiger charge is 2.08. The quantitative estimate of drug-likeness (QED) is 0.456. The highest BCUT2D eigenvalue weighted by molar-refractivity contribution is 6.05. The van der Waals surface area contributed by atoms with Crippen molar-refractivity contribution in [3.8, 4) is 0 Å². The number of benzene rings is 3. The van der Waals surface area contributed by atoms with Crippen LogP contribution in [0.1, 0.15) is 21.5 Å². The smallest absolute Gasteiger partial charge is 0.189 e. The molecule has 3 aromatic carbocycles. The summed E-state index contributed by atoms with van der Waals surface area (Å²) in [5.74, 6) is 0.588. The van der Waals surface area contributed by atoms with E-state index in [4.69, 9.17) is 0 Å². The molecule has 0 unspecified atom stereocenters. The molecule has 0 fully saturated rings. The lowest BCUT2D eigenvalue weighted by atomic mass is 10.1. The third-order valence-corrected chi connectivity index (χ3v) is 4.16. The van der Waals surface area contributed by atoms with Gasteiger partial charge in [-0.25, -0.2) is 0 Å². The second kappa shape index (κ2) is 8.17. The Bertz CT molecular complexity index is 880. The molecule has 3 aromatic rings. The molecule has 0 aromatic heterocycles. The van der Waals surface area contributed by atoms with Crippen molar-refractivity contribution in [1.29, 1.82) is 0 Å². The molecule has 0 radical (unpaired) electrons. The third kappa shape index (κ3) is 4.39. The first kappa shape index (κ1) is 17.5. The van der Waals surface area contributed by atoms with E-state index in [1.54, 1.807) is 6.08 Å². The van der Waals surface area contributed by atoms with E-state index < -0.39 is 0 Å². The van der Waals surface area contributed by atoms with Crippen LogP contribution in [0.4, 0.5) is 11.4 Å². The number of aryl methyl sites for hydroxylation is 2. The molecule has 130 valence electrons. The van der Waals surface area contributed by atoms with Crippen molar-refractivity contribution in [2.75, 3.05) is 10.6 Å². The molecule has 0 saturated heterocycles. The summed E-state index contributed by atoms with van der Waals surface area (Å²) in [6.07, 6.45) is 1.61. The lowest BCUT2D eigenvalue weighted by Gasteiger charge is -2.16. The Morgan fingerprint density at radius 2 is 1.15 bits per heavy atom. The van der Waals surface area contributed by atoms with Crippen molar-refractivity contribution in [1.82, 2.24) is 0 Å². The van der Waals surface area contributed by atoms with Gasteiger partial charge in [0.25, 0.3) is 0 Å². The number of hydrogen-bond donors (Lipinski definition) is 2. The normalized spacial score (nSPS) is 10.1. The fraction of sp³-hybridized carbons (Fsp3) is 0.0870. The second-order valence-corrected chi connectivity index (χ2v) is 6.17. The molecule has 3 rings (SSSR count). The highest BCUT2D eigenvalue weighted by atomic mass is 16.1. The van der Waals surface area contributed by atoms with E-state index in [0.717, 1.165) is 22.5 Å². The summed E-state index contributed by atoms with van der Waals surface area (Å²) >= 11 is 0. The fourth-order valence-electron chi connectivity index (χ4n) is 2.64. The van der Waals surface area contributed by atoms with E-state index in [1.165, 1.54) is 0 Å². The van der Waals surface area contributed by atoms with Crippen LogP contribution in [-0.4, -0.2) is 5.78 Å². The minimum atomic E-state index is -0.0530. The maximum Gasteiger partial charge on any atom is 0.189 e. The van der Waals surface area contributed by atoms with Gasteiger partial charge in [0.15, 0.2) is 5.78 Å². The zero-order valence-electron chi connectivity index (χ0n) is 15.0. The summed E-state index contributed by atoms with van der Waals surface area (Å²) in [5.41, 5.74) is 4.79. The van der Waals surface area contributed by atoms with Crippen molar-refractivity contribution < 1.29 is 4.79 Å². The van der Waals surface area contributed by atoms with Gasteiger partial charge in [0.1, 0.15) is 5.82 Å². The van der Waals surface area contributed by atoms with Crippen molar-refractivity contribution >= 4 is 17.2 Å². The van der Waals surface area contributed by atoms with Crippen molar-refractivity contribution in [3.05, 3.63) is 107 Å². The Labute approximate surface area is 154 Å². The molecular formula is C23H22N2O. The molecule has 26 heavy (non-hydrogen) atoms. The van der Waals surface area contributed by atoms with Gasteiger partial charge in [-0.05, 0) is 37.1 Å². The second-order valence-electron chi connectivity index (χ2n) is 6.17. The molecule has 0 atom stereocenters. The predicted octanol–water partition coefficient (Wildman–Crippen LogP) is 5.55. The monoisotopic (exact) mass is 342 g/mol. The van der Waals surface area contributed by atoms with Gasteiger partial charge in [0.05, 0.1) is 0 Å². The molecule has 0 spiro atoms. The lowest BCUT2D eigenvalue weighted by Crippen LogP contribution is -2.13. The summed E-state index contributed by atoms with van der Waals surface area (Å²) < 4.78 is 0. The molecule has 0 heterocycles. The fourth-order valence-corrected chi connectivity index (χ4v) is 2.64. The Hall–Kier alpha value is -3.33. The molecule has 0 amide bonds. The lowest BCUT2D eigenvalue weighted by molar-refractivity contribution is 0.104. The average Bonchev–Trinajstić information content (AvgIpc) is 2.66. The van der Waals surface area contributed by atoms with Crippen molar-refractivity contribution in [2.45, 2.75) is 13.8 Å². The Morgan fingerprint density at radius 1 is 0.692 bits per heavy atom. The van der Waals surface area contributed by atoms with Crippen LogP contribution in [-0.2, 0) is 0 Å². The van der Waals surface area contributed by atoms with Crippen LogP contribution in [0.2, 0.25) is 0 Å². The van der Waals surface area contributed by atoms with E-state index in [1.807, 2.05) is 92.7 Å². The molecule has 0 aliphatic heterocycles. The SMILES string of the molecule is Cc1ccccc1NC(=CC(=O)c1ccccc1)Nc1ccccc1C. The number of nitrogens with one attached hydrogen (secondary N) is 2. The van der Waals surface area contributed by atoms with E-state index in [2.05, 4.69) is 10.6 Å². The Kier molecular flexibility index (Phi) is 5.49. The van der Waals surface area contributed by atoms with Gasteiger partial charge in [0, 0.05) is 23.0 Å². The molecule has 0 bridgehead atoms. The molecular weight excluding hydrogens is 320 g/mol. The zero-order chi connectivity index (χ0) is 18.4. The first-order valence-corrected chi connectivity index (χ1v) is 8.60. The molecule has 0 saturated carbocycles. The minimum absolute atomic E-state index is 0.0530. The molecule has 0 aliphatic carbocycles. The van der Waals surface area contributed by atoms with Crippen LogP contribution in [0, 0.1) is 13.8 Å². The van der Waals surface area contributed by atoms with Crippen molar-refractivity contribution in [3.63, 3.8) is 0 Å². The zero-order valence-corrected chi connectivity index (χ0v) is 15.0. The van der Waals surface area contributed by atoms with Crippen LogP contribution in [0.15, 0.2) is 90.8 Å². The number of carbonyl (C=O) groups excluding carboxylic acids is 1.